The van der Waals surface area contributed by atoms with E-state index in [9.17, 15) is 83.4 Å². The molecule has 24 rings (SSSR count). The second kappa shape index (κ2) is 41.3. The highest BCUT2D eigenvalue weighted by Gasteiger charge is 2.38. The van der Waals surface area contributed by atoms with Crippen LogP contribution in [0.5, 0.6) is 17.2 Å². The summed E-state index contributed by atoms with van der Waals surface area (Å²) in [7, 11) is 0. The molecule has 0 spiro atoms. The van der Waals surface area contributed by atoms with Crippen molar-refractivity contribution in [1.82, 2.24) is 123 Å². The molecule has 4 saturated carbocycles. The predicted molar refractivity (Wildman–Crippen MR) is 503 cm³/mol. The molecule has 0 amide bonds. The molecule has 15 heterocycles. The largest absolute Gasteiger partial charge is 0.573 e. The number of alkyl halides is 13. The number of nitrogens with zero attached hydrogens (tertiary/aromatic N) is 25. The zero-order valence-electron chi connectivity index (χ0n) is 76.7. The highest BCUT2D eigenvalue weighted by Crippen LogP contribution is 2.47. The van der Waals surface area contributed by atoms with E-state index in [0.717, 1.165) is 153 Å². The number of aromatic nitrogens is 25. The summed E-state index contributed by atoms with van der Waals surface area (Å²) in [6.45, 7) is -4.16. The van der Waals surface area contributed by atoms with Crippen LogP contribution in [0, 0.1) is 41.8 Å². The number of aryl methyl sites for hydroxylation is 1. The third-order valence-electron chi connectivity index (χ3n) is 22.8. The minimum absolute atomic E-state index is 0.0357. The van der Waals surface area contributed by atoms with Gasteiger partial charge in [0.1, 0.15) is 69.6 Å². The van der Waals surface area contributed by atoms with Gasteiger partial charge in [0, 0.05) is 83.3 Å². The van der Waals surface area contributed by atoms with Gasteiger partial charge >= 0.3 is 31.9 Å². The number of anilines is 10. The molecule has 0 saturated heterocycles. The maximum atomic E-state index is 14.0. The van der Waals surface area contributed by atoms with E-state index in [1.54, 1.807) is 36.6 Å². The van der Waals surface area contributed by atoms with Crippen molar-refractivity contribution in [1.29, 1.82) is 0 Å². The Kier molecular flexibility index (Phi) is 27.3. The van der Waals surface area contributed by atoms with Crippen LogP contribution in [0.1, 0.15) is 115 Å². The quantitative estimate of drug-likeness (QED) is 0.0351. The Bertz CT molecular complexity index is 8350. The van der Waals surface area contributed by atoms with Gasteiger partial charge in [-0.05, 0) is 155 Å². The van der Waals surface area contributed by atoms with Gasteiger partial charge in [-0.25, -0.2) is 101 Å². The van der Waals surface area contributed by atoms with Crippen molar-refractivity contribution in [2.24, 2.45) is 0 Å². The molecule has 5 N–H and O–H groups in total. The van der Waals surface area contributed by atoms with E-state index in [0.29, 0.717) is 120 Å². The predicted octanol–water partition coefficient (Wildman–Crippen LogP) is 23.6. The van der Waals surface area contributed by atoms with Gasteiger partial charge in [0.2, 0.25) is 0 Å². The summed E-state index contributed by atoms with van der Waals surface area (Å²) < 4.78 is 266. The summed E-state index contributed by atoms with van der Waals surface area (Å²) in [5.74, 6) is 3.37. The Labute approximate surface area is 830 Å². The lowest BCUT2D eigenvalue weighted by molar-refractivity contribution is -0.274. The Hall–Kier alpha value is -18.3. The number of halogens is 19. The fourth-order valence-corrected chi connectivity index (χ4v) is 15.7. The van der Waals surface area contributed by atoms with E-state index in [1.807, 2.05) is 35.8 Å². The average Bonchev–Trinajstić information content (AvgIpc) is 1.59. The summed E-state index contributed by atoms with van der Waals surface area (Å²) >= 11 is 0. The van der Waals surface area contributed by atoms with Gasteiger partial charge in [-0.1, -0.05) is 12.1 Å². The summed E-state index contributed by atoms with van der Waals surface area (Å²) in [5, 5.41) is 14.6. The van der Waals surface area contributed by atoms with Crippen molar-refractivity contribution in [2.75, 3.05) is 26.6 Å². The maximum absolute atomic E-state index is 14.0. The van der Waals surface area contributed by atoms with Crippen LogP contribution in [-0.4, -0.2) is 142 Å². The molecule has 0 aliphatic heterocycles. The standard InChI is InChI=1S/C21H15F4N5O.2C20H14F4N6O.C19H13F4N7.C18H13F3N6/c22-14-7-16-17(8-15(14)23)30(20(28-16)11-1-2-11)19-10-26-9-18(29-19)27-12-3-5-13(6-4-12)31-21(24)25;21-12-7-15-18(26-8-12)29-19(11-1-2-11)30(15)17-10-25-9-16(28-17)27-13-3-5-14(6-4-13)31-20(22,23)24;21-11-5-14-18(26-7-11)29-19(10-1-2-10)30(14)17-9-25-8-16(28-17)27-12-3-4-15(13(22)6-12)31-20(23)24;20-11-5-13-17(26-6-11)29-18(10-1-2-10)30(13)16-9-24-8-15(28-16)27-12-3-4-14(25-7-12)19(21,22)23;1-11-24-13-4-2-3-5-14(13)27(11)17-10-22-9-16(26-17)25-15-7-6-12(8-23-15)18(19,20)21/h3-11,21H,1-2H2,(H,27,29);3-11H,1-2H2,(H,27,28);3-10,20H,1-2H2,(H,27,28);3-10H,1-2H2,(H,27,28);2-10H,1H3,(H,23,25,26). The Morgan fingerprint density at radius 3 is 1.13 bits per heavy atom. The molecule has 150 heavy (non-hydrogen) atoms. The van der Waals surface area contributed by atoms with Crippen molar-refractivity contribution in [3.63, 3.8) is 0 Å². The van der Waals surface area contributed by atoms with E-state index in [-0.39, 0.29) is 52.5 Å². The first kappa shape index (κ1) is 99.0. The average molecular weight is 2080 g/mol. The van der Waals surface area contributed by atoms with E-state index in [4.69, 9.17) is 0 Å². The lowest BCUT2D eigenvalue weighted by atomic mass is 10.3. The second-order valence-corrected chi connectivity index (χ2v) is 33.8. The summed E-state index contributed by atoms with van der Waals surface area (Å²) in [6.07, 6.45) is 14.1. The molecule has 0 bridgehead atoms. The maximum Gasteiger partial charge on any atom is 0.573 e. The normalized spacial score (nSPS) is 13.5. The van der Waals surface area contributed by atoms with Gasteiger partial charge < -0.3 is 40.8 Å². The number of hydrogen-bond donors (Lipinski definition) is 5. The number of rotatable bonds is 24. The van der Waals surface area contributed by atoms with E-state index in [1.165, 1.54) is 129 Å². The summed E-state index contributed by atoms with van der Waals surface area (Å²) in [5.41, 5.74) is 4.98. The number of hydrogen-bond acceptors (Lipinski definition) is 28. The van der Waals surface area contributed by atoms with Gasteiger partial charge in [0.05, 0.1) is 137 Å². The zero-order chi connectivity index (χ0) is 105. The number of pyridine rings is 5. The van der Waals surface area contributed by atoms with Gasteiger partial charge in [0.25, 0.3) is 0 Å². The fourth-order valence-electron chi connectivity index (χ4n) is 15.7. The molecule has 762 valence electrons. The number of para-hydroxylation sites is 2. The molecule has 4 aliphatic carbocycles. The van der Waals surface area contributed by atoms with Crippen molar-refractivity contribution in [2.45, 2.75) is 114 Å². The lowest BCUT2D eigenvalue weighted by Crippen LogP contribution is -2.17. The summed E-state index contributed by atoms with van der Waals surface area (Å²) in [4.78, 5) is 85.3. The molecule has 4 aliphatic rings. The van der Waals surface area contributed by atoms with Crippen molar-refractivity contribution >= 4 is 113 Å². The monoisotopic (exact) mass is 2070 g/mol. The second-order valence-electron chi connectivity index (χ2n) is 33.8. The Morgan fingerprint density at radius 1 is 0.307 bits per heavy atom. The van der Waals surface area contributed by atoms with Crippen molar-refractivity contribution < 1.29 is 97.6 Å². The van der Waals surface area contributed by atoms with Crippen LogP contribution < -0.4 is 40.8 Å². The molecule has 15 aromatic heterocycles. The smallest absolute Gasteiger partial charge is 0.435 e. The van der Waals surface area contributed by atoms with E-state index >= 15 is 0 Å². The number of ether oxygens (including phenoxy) is 3. The van der Waals surface area contributed by atoms with Gasteiger partial charge in [0.15, 0.2) is 98.3 Å². The first-order valence-electron chi connectivity index (χ1n) is 45.2. The minimum atomic E-state index is -4.75. The molecular formula is C98H69F19N30O3. The number of nitrogens with one attached hydrogen (secondary N) is 5. The molecule has 0 atom stereocenters. The number of fused-ring (bicyclic) bond motifs is 5. The van der Waals surface area contributed by atoms with Gasteiger partial charge in [-0.2, -0.15) is 43.9 Å². The third kappa shape index (κ3) is 23.3. The van der Waals surface area contributed by atoms with E-state index in [2.05, 4.69) is 140 Å². The number of imidazole rings is 5. The molecule has 0 radical (unpaired) electrons. The summed E-state index contributed by atoms with van der Waals surface area (Å²) in [6, 6.07) is 32.8. The van der Waals surface area contributed by atoms with Crippen molar-refractivity contribution in [3.8, 4) is 46.3 Å². The number of benzene rings is 5. The highest BCUT2D eigenvalue weighted by molar-refractivity contribution is 5.81. The minimum Gasteiger partial charge on any atom is -0.435 e. The molecule has 0 unspecified atom stereocenters. The fraction of sp³-hybridized carbons (Fsp3) is 0.184. The molecule has 4 fully saturated rings. The molecule has 5 aromatic carbocycles. The SMILES string of the molecule is Cc1nc2ccccc2n1-c1cncc(Nc2ccc(C(F)(F)F)cn2)n1.Fc1cc2nc(C3CC3)n(-c3cncc(Nc4ccc(OC(F)F)cc4)n3)c2cc1F.Fc1cnc2nc(C3CC3)n(-c3cncc(Nc4ccc(C(F)(F)F)nc4)n3)c2c1.Fc1cnc2nc(C3CC3)n(-c3cncc(Nc4ccc(OC(F)(F)F)cc4)n3)c2c1.Fc1cnc2nc(C3CC3)n(-c3cncc(Nc4ccc(OC(F)F)c(F)c4)n3)c2c1. The van der Waals surface area contributed by atoms with Crippen LogP contribution in [0.15, 0.2) is 239 Å². The van der Waals surface area contributed by atoms with Crippen LogP contribution in [-0.2, 0) is 12.4 Å². The zero-order valence-corrected chi connectivity index (χ0v) is 76.7. The van der Waals surface area contributed by atoms with Crippen LogP contribution in [0.4, 0.5) is 141 Å². The first-order chi connectivity index (χ1) is 72.1. The van der Waals surface area contributed by atoms with Crippen LogP contribution >= 0.6 is 0 Å². The van der Waals surface area contributed by atoms with Gasteiger partial charge in [-0.15, -0.1) is 13.2 Å². The third-order valence-corrected chi connectivity index (χ3v) is 22.8. The van der Waals surface area contributed by atoms with Gasteiger partial charge in [-0.3, -0.25) is 47.8 Å². The van der Waals surface area contributed by atoms with Crippen LogP contribution in [0.3, 0.4) is 0 Å². The molecular weight excluding hydrogens is 2010 g/mol. The topological polar surface area (TPSA) is 370 Å². The van der Waals surface area contributed by atoms with Crippen LogP contribution in [0.25, 0.3) is 84.6 Å². The lowest BCUT2D eigenvalue weighted by Gasteiger charge is -2.11. The molecule has 20 aromatic rings. The Balaban J connectivity index is 0.000000113. The Morgan fingerprint density at radius 2 is 0.713 bits per heavy atom. The highest BCUT2D eigenvalue weighted by atomic mass is 19.4. The van der Waals surface area contributed by atoms with Crippen molar-refractivity contribution in [3.05, 3.63) is 314 Å². The molecule has 52 heteroatoms. The van der Waals surface area contributed by atoms with E-state index < -0.39 is 83.8 Å². The van der Waals surface area contributed by atoms with Crippen LogP contribution in [0.2, 0.25) is 0 Å². The first-order valence-corrected chi connectivity index (χ1v) is 45.2. The molecule has 33 nitrogen and oxygen atoms in total.